The average molecular weight is 196 g/mol. The third-order valence-electron chi connectivity index (χ3n) is 2.29. The lowest BCUT2D eigenvalue weighted by Crippen LogP contribution is -2.17. The summed E-state index contributed by atoms with van der Waals surface area (Å²) in [6.07, 6.45) is 4.93. The van der Waals surface area contributed by atoms with Gasteiger partial charge in [0, 0.05) is 24.3 Å². The summed E-state index contributed by atoms with van der Waals surface area (Å²) in [4.78, 5) is 4.57. The first kappa shape index (κ1) is 9.16. The fourth-order valence-electron chi connectivity index (χ4n) is 1.44. The lowest BCUT2D eigenvalue weighted by molar-refractivity contribution is 0.719. The Morgan fingerprint density at radius 1 is 1.69 bits per heavy atom. The van der Waals surface area contributed by atoms with Crippen LogP contribution in [0.4, 0.5) is 0 Å². The summed E-state index contributed by atoms with van der Waals surface area (Å²) in [6, 6.07) is 0.232. The first-order chi connectivity index (χ1) is 6.24. The van der Waals surface area contributed by atoms with E-state index in [0.29, 0.717) is 0 Å². The second-order valence-corrected chi connectivity index (χ2v) is 5.00. The Morgan fingerprint density at radius 3 is 3.08 bits per heavy atom. The van der Waals surface area contributed by atoms with E-state index in [2.05, 4.69) is 10.4 Å². The molecule has 1 fully saturated rings. The molecule has 2 rings (SSSR count). The maximum Gasteiger partial charge on any atom is 0.0931 e. The minimum atomic E-state index is 0.232. The fraction of sp³-hybridized carbons (Fsp3) is 0.700. The zero-order chi connectivity index (χ0) is 9.26. The predicted molar refractivity (Wildman–Crippen MR) is 55.9 cm³/mol. The highest BCUT2D eigenvalue weighted by atomic mass is 32.1. The Hall–Kier alpha value is -0.410. The molecule has 1 heterocycles. The highest BCUT2D eigenvalue weighted by molar-refractivity contribution is 7.09. The zero-order valence-electron chi connectivity index (χ0n) is 7.99. The molecule has 1 aliphatic carbocycles. The van der Waals surface area contributed by atoms with Crippen LogP contribution in [0.1, 0.15) is 30.5 Å². The SMILES string of the molecule is CC(N)Cc1csc(CC2CC2)n1. The molecule has 1 atom stereocenters. The highest BCUT2D eigenvalue weighted by Crippen LogP contribution is 2.33. The van der Waals surface area contributed by atoms with E-state index in [-0.39, 0.29) is 6.04 Å². The molecule has 1 aliphatic rings. The van der Waals surface area contributed by atoms with Crippen LogP contribution in [0.15, 0.2) is 5.38 Å². The fourth-order valence-corrected chi connectivity index (χ4v) is 2.36. The Kier molecular flexibility index (Phi) is 2.65. The van der Waals surface area contributed by atoms with Crippen LogP contribution < -0.4 is 5.73 Å². The van der Waals surface area contributed by atoms with E-state index in [1.165, 1.54) is 30.0 Å². The summed E-state index contributed by atoms with van der Waals surface area (Å²) in [5.74, 6) is 0.939. The van der Waals surface area contributed by atoms with Crippen molar-refractivity contribution in [3.63, 3.8) is 0 Å². The van der Waals surface area contributed by atoms with Crippen LogP contribution in [-0.4, -0.2) is 11.0 Å². The molecule has 1 saturated carbocycles. The van der Waals surface area contributed by atoms with E-state index in [4.69, 9.17) is 5.73 Å². The van der Waals surface area contributed by atoms with Crippen LogP contribution in [0, 0.1) is 5.92 Å². The van der Waals surface area contributed by atoms with Crippen LogP contribution >= 0.6 is 11.3 Å². The van der Waals surface area contributed by atoms with Gasteiger partial charge in [0.05, 0.1) is 10.7 Å². The van der Waals surface area contributed by atoms with Gasteiger partial charge in [-0.15, -0.1) is 11.3 Å². The first-order valence-electron chi connectivity index (χ1n) is 4.93. The molecule has 0 saturated heterocycles. The van der Waals surface area contributed by atoms with Gasteiger partial charge in [-0.25, -0.2) is 4.98 Å². The molecule has 1 aromatic heterocycles. The summed E-state index contributed by atoms with van der Waals surface area (Å²) in [7, 11) is 0. The first-order valence-corrected chi connectivity index (χ1v) is 5.81. The molecule has 13 heavy (non-hydrogen) atoms. The number of aromatic nitrogens is 1. The molecule has 0 aromatic carbocycles. The van der Waals surface area contributed by atoms with E-state index >= 15 is 0 Å². The molecule has 72 valence electrons. The van der Waals surface area contributed by atoms with Gasteiger partial charge in [0.1, 0.15) is 0 Å². The smallest absolute Gasteiger partial charge is 0.0931 e. The minimum absolute atomic E-state index is 0.232. The van der Waals surface area contributed by atoms with Gasteiger partial charge >= 0.3 is 0 Å². The van der Waals surface area contributed by atoms with Crippen molar-refractivity contribution in [2.45, 2.75) is 38.6 Å². The molecule has 1 aromatic rings. The third kappa shape index (κ3) is 2.78. The largest absolute Gasteiger partial charge is 0.328 e. The Bertz CT molecular complexity index is 258. The molecular weight excluding hydrogens is 180 g/mol. The second-order valence-electron chi connectivity index (χ2n) is 4.06. The number of hydrogen-bond acceptors (Lipinski definition) is 3. The van der Waals surface area contributed by atoms with Crippen LogP contribution in [0.25, 0.3) is 0 Å². The molecule has 0 aliphatic heterocycles. The topological polar surface area (TPSA) is 38.9 Å². The summed E-state index contributed by atoms with van der Waals surface area (Å²) in [5.41, 5.74) is 6.89. The second kappa shape index (κ2) is 3.76. The molecule has 0 bridgehead atoms. The number of hydrogen-bond donors (Lipinski definition) is 1. The van der Waals surface area contributed by atoms with Crippen molar-refractivity contribution in [1.82, 2.24) is 4.98 Å². The third-order valence-corrected chi connectivity index (χ3v) is 3.21. The van der Waals surface area contributed by atoms with E-state index in [1.54, 1.807) is 11.3 Å². The van der Waals surface area contributed by atoms with Crippen molar-refractivity contribution in [2.75, 3.05) is 0 Å². The number of rotatable bonds is 4. The van der Waals surface area contributed by atoms with Crippen LogP contribution in [0.5, 0.6) is 0 Å². The van der Waals surface area contributed by atoms with Gasteiger partial charge in [-0.3, -0.25) is 0 Å². The lowest BCUT2D eigenvalue weighted by atomic mass is 10.2. The number of thiazole rings is 1. The molecular formula is C10H16N2S. The average Bonchev–Trinajstić information content (AvgIpc) is 2.73. The van der Waals surface area contributed by atoms with E-state index < -0.39 is 0 Å². The van der Waals surface area contributed by atoms with Gasteiger partial charge in [-0.05, 0) is 25.7 Å². The maximum absolute atomic E-state index is 5.71. The lowest BCUT2D eigenvalue weighted by Gasteiger charge is -1.99. The van der Waals surface area contributed by atoms with Crippen molar-refractivity contribution in [3.8, 4) is 0 Å². The van der Waals surface area contributed by atoms with Crippen molar-refractivity contribution < 1.29 is 0 Å². The number of nitrogens with zero attached hydrogens (tertiary/aromatic N) is 1. The summed E-state index contributed by atoms with van der Waals surface area (Å²) >= 11 is 1.79. The van der Waals surface area contributed by atoms with Gasteiger partial charge in [0.2, 0.25) is 0 Å². The van der Waals surface area contributed by atoms with Crippen molar-refractivity contribution >= 4 is 11.3 Å². The normalized spacial score (nSPS) is 18.9. The molecule has 1 unspecified atom stereocenters. The highest BCUT2D eigenvalue weighted by Gasteiger charge is 2.22. The van der Waals surface area contributed by atoms with Crippen LogP contribution in [-0.2, 0) is 12.8 Å². The minimum Gasteiger partial charge on any atom is -0.328 e. The van der Waals surface area contributed by atoms with Gasteiger partial charge in [-0.1, -0.05) is 0 Å². The quantitative estimate of drug-likeness (QED) is 0.799. The summed E-state index contributed by atoms with van der Waals surface area (Å²) in [5, 5.41) is 3.46. The van der Waals surface area contributed by atoms with Gasteiger partial charge in [-0.2, -0.15) is 0 Å². The molecule has 0 spiro atoms. The van der Waals surface area contributed by atoms with Crippen LogP contribution in [0.2, 0.25) is 0 Å². The Balaban J connectivity index is 1.91. The molecule has 0 amide bonds. The van der Waals surface area contributed by atoms with Gasteiger partial charge < -0.3 is 5.73 Å². The van der Waals surface area contributed by atoms with E-state index in [9.17, 15) is 0 Å². The molecule has 2 nitrogen and oxygen atoms in total. The van der Waals surface area contributed by atoms with E-state index in [0.717, 1.165) is 12.3 Å². The van der Waals surface area contributed by atoms with Crippen molar-refractivity contribution in [1.29, 1.82) is 0 Å². The number of nitrogens with two attached hydrogens (primary N) is 1. The monoisotopic (exact) mass is 196 g/mol. The maximum atomic E-state index is 5.71. The molecule has 0 radical (unpaired) electrons. The standard InChI is InChI=1S/C10H16N2S/c1-7(11)4-9-6-13-10(12-9)5-8-2-3-8/h6-8H,2-5,11H2,1H3. The molecule has 3 heteroatoms. The van der Waals surface area contributed by atoms with E-state index in [1.807, 2.05) is 6.92 Å². The summed E-state index contributed by atoms with van der Waals surface area (Å²) in [6.45, 7) is 2.03. The summed E-state index contributed by atoms with van der Waals surface area (Å²) < 4.78 is 0. The molecule has 2 N–H and O–H groups in total. The Labute approximate surface area is 83.2 Å². The predicted octanol–water partition coefficient (Wildman–Crippen LogP) is 1.99. The van der Waals surface area contributed by atoms with Crippen LogP contribution in [0.3, 0.4) is 0 Å². The van der Waals surface area contributed by atoms with Crippen molar-refractivity contribution in [2.24, 2.45) is 11.7 Å². The van der Waals surface area contributed by atoms with Crippen molar-refractivity contribution in [3.05, 3.63) is 16.1 Å². The Morgan fingerprint density at radius 2 is 2.46 bits per heavy atom. The van der Waals surface area contributed by atoms with Gasteiger partial charge in [0.25, 0.3) is 0 Å². The zero-order valence-corrected chi connectivity index (χ0v) is 8.81. The van der Waals surface area contributed by atoms with Gasteiger partial charge in [0.15, 0.2) is 0 Å².